The molecular formula is C12H17N3. The predicted octanol–water partition coefficient (Wildman–Crippen LogP) is 2.32. The van der Waals surface area contributed by atoms with E-state index in [1.807, 2.05) is 0 Å². The largest absolute Gasteiger partial charge is 0.365 e. The fraction of sp³-hybridized carbons (Fsp3) is 0.667. The van der Waals surface area contributed by atoms with E-state index in [0.29, 0.717) is 5.54 Å². The monoisotopic (exact) mass is 203 g/mol. The molecular weight excluding hydrogens is 186 g/mol. The molecule has 1 N–H and O–H groups in total. The first-order valence-electron chi connectivity index (χ1n) is 5.88. The topological polar surface area (TPSA) is 37.8 Å². The molecule has 80 valence electrons. The van der Waals surface area contributed by atoms with Crippen LogP contribution in [0.15, 0.2) is 6.33 Å². The molecule has 1 saturated carbocycles. The lowest BCUT2D eigenvalue weighted by molar-refractivity contribution is 0.305. The maximum absolute atomic E-state index is 4.40. The zero-order chi connectivity index (χ0) is 10.3. The summed E-state index contributed by atoms with van der Waals surface area (Å²) in [5.74, 6) is 1.10. The number of fused-ring (bicyclic) bond motifs is 1. The Bertz CT molecular complexity index is 382. The van der Waals surface area contributed by atoms with Crippen LogP contribution in [0.25, 0.3) is 0 Å². The third kappa shape index (κ3) is 1.50. The number of aryl methyl sites for hydroxylation is 1. The van der Waals surface area contributed by atoms with E-state index in [0.717, 1.165) is 18.7 Å². The van der Waals surface area contributed by atoms with Crippen molar-refractivity contribution in [3.8, 4) is 0 Å². The van der Waals surface area contributed by atoms with E-state index in [9.17, 15) is 0 Å². The second-order valence-electron chi connectivity index (χ2n) is 5.04. The van der Waals surface area contributed by atoms with E-state index in [1.54, 1.807) is 6.33 Å². The van der Waals surface area contributed by atoms with Crippen LogP contribution < -0.4 is 5.32 Å². The molecule has 0 aliphatic heterocycles. The molecule has 0 atom stereocenters. The third-order valence-corrected chi connectivity index (χ3v) is 3.75. The first-order chi connectivity index (χ1) is 7.27. The second-order valence-corrected chi connectivity index (χ2v) is 5.04. The zero-order valence-corrected chi connectivity index (χ0v) is 9.21. The van der Waals surface area contributed by atoms with Gasteiger partial charge >= 0.3 is 0 Å². The highest BCUT2D eigenvalue weighted by atomic mass is 15.1. The molecule has 2 aliphatic carbocycles. The maximum Gasteiger partial charge on any atom is 0.133 e. The van der Waals surface area contributed by atoms with E-state index < -0.39 is 0 Å². The lowest BCUT2D eigenvalue weighted by Gasteiger charge is -2.40. The van der Waals surface area contributed by atoms with E-state index in [2.05, 4.69) is 22.2 Å². The summed E-state index contributed by atoms with van der Waals surface area (Å²) in [6.07, 6.45) is 9.10. The van der Waals surface area contributed by atoms with Gasteiger partial charge in [0.25, 0.3) is 0 Å². The van der Waals surface area contributed by atoms with Crippen molar-refractivity contribution in [3.05, 3.63) is 17.6 Å². The van der Waals surface area contributed by atoms with Crippen LogP contribution >= 0.6 is 0 Å². The Morgan fingerprint density at radius 2 is 2.07 bits per heavy atom. The van der Waals surface area contributed by atoms with Crippen molar-refractivity contribution in [3.63, 3.8) is 0 Å². The van der Waals surface area contributed by atoms with Gasteiger partial charge in [-0.15, -0.1) is 0 Å². The number of hydrogen-bond acceptors (Lipinski definition) is 3. The minimum absolute atomic E-state index is 0.296. The highest BCUT2D eigenvalue weighted by molar-refractivity contribution is 5.50. The molecule has 1 aromatic heterocycles. The standard InChI is InChI=1S/C12H17N3/c1-12(6-3-7-12)15-11-9-4-2-5-10(9)13-8-14-11/h8H,2-7H2,1H3,(H,13,14,15). The molecule has 0 spiro atoms. The Kier molecular flexibility index (Phi) is 1.94. The lowest BCUT2D eigenvalue weighted by Crippen LogP contribution is -2.42. The highest BCUT2D eigenvalue weighted by Crippen LogP contribution is 2.36. The van der Waals surface area contributed by atoms with Gasteiger partial charge < -0.3 is 5.32 Å². The van der Waals surface area contributed by atoms with Gasteiger partial charge in [0.05, 0.1) is 0 Å². The molecule has 0 amide bonds. The average molecular weight is 203 g/mol. The number of aromatic nitrogens is 2. The normalized spacial score (nSPS) is 21.9. The van der Waals surface area contributed by atoms with Crippen molar-refractivity contribution in [2.75, 3.05) is 5.32 Å². The summed E-state index contributed by atoms with van der Waals surface area (Å²) in [4.78, 5) is 8.74. The van der Waals surface area contributed by atoms with Crippen LogP contribution in [0.3, 0.4) is 0 Å². The maximum atomic E-state index is 4.40. The summed E-state index contributed by atoms with van der Waals surface area (Å²) in [6.45, 7) is 2.29. The number of anilines is 1. The Morgan fingerprint density at radius 3 is 2.80 bits per heavy atom. The van der Waals surface area contributed by atoms with E-state index in [-0.39, 0.29) is 0 Å². The van der Waals surface area contributed by atoms with Gasteiger partial charge in [0.15, 0.2) is 0 Å². The van der Waals surface area contributed by atoms with E-state index >= 15 is 0 Å². The van der Waals surface area contributed by atoms with Crippen LogP contribution in [0.4, 0.5) is 5.82 Å². The van der Waals surface area contributed by atoms with Gasteiger partial charge in [-0.1, -0.05) is 0 Å². The van der Waals surface area contributed by atoms with Crippen LogP contribution in [-0.2, 0) is 12.8 Å². The van der Waals surface area contributed by atoms with Crippen LogP contribution in [-0.4, -0.2) is 15.5 Å². The predicted molar refractivity (Wildman–Crippen MR) is 59.9 cm³/mol. The van der Waals surface area contributed by atoms with Gasteiger partial charge in [-0.3, -0.25) is 0 Å². The Morgan fingerprint density at radius 1 is 1.20 bits per heavy atom. The third-order valence-electron chi connectivity index (χ3n) is 3.75. The van der Waals surface area contributed by atoms with Gasteiger partial charge in [-0.2, -0.15) is 0 Å². The quantitative estimate of drug-likeness (QED) is 0.801. The SMILES string of the molecule is CC1(Nc2ncnc3c2CCC3)CCC1. The molecule has 0 radical (unpaired) electrons. The van der Waals surface area contributed by atoms with Crippen molar-refractivity contribution in [2.45, 2.75) is 51.0 Å². The smallest absolute Gasteiger partial charge is 0.133 e. The van der Waals surface area contributed by atoms with Crippen LogP contribution in [0.2, 0.25) is 0 Å². The summed E-state index contributed by atoms with van der Waals surface area (Å²) in [5, 5.41) is 3.60. The molecule has 0 saturated heterocycles. The Balaban J connectivity index is 1.89. The molecule has 1 heterocycles. The van der Waals surface area contributed by atoms with Crippen molar-refractivity contribution in [1.29, 1.82) is 0 Å². The van der Waals surface area contributed by atoms with E-state index in [4.69, 9.17) is 0 Å². The van der Waals surface area contributed by atoms with Crippen molar-refractivity contribution < 1.29 is 0 Å². The molecule has 0 aromatic carbocycles. The summed E-state index contributed by atoms with van der Waals surface area (Å²) >= 11 is 0. The molecule has 0 unspecified atom stereocenters. The van der Waals surface area contributed by atoms with Gasteiger partial charge in [0.2, 0.25) is 0 Å². The van der Waals surface area contributed by atoms with Gasteiger partial charge in [0.1, 0.15) is 12.1 Å². The van der Waals surface area contributed by atoms with Crippen molar-refractivity contribution in [2.24, 2.45) is 0 Å². The molecule has 3 rings (SSSR count). The van der Waals surface area contributed by atoms with E-state index in [1.165, 1.54) is 36.9 Å². The average Bonchev–Trinajstić information content (AvgIpc) is 2.64. The van der Waals surface area contributed by atoms with Crippen LogP contribution in [0.5, 0.6) is 0 Å². The molecule has 15 heavy (non-hydrogen) atoms. The number of nitrogens with zero attached hydrogens (tertiary/aromatic N) is 2. The summed E-state index contributed by atoms with van der Waals surface area (Å²) in [5.41, 5.74) is 2.92. The molecule has 3 nitrogen and oxygen atoms in total. The second kappa shape index (κ2) is 3.19. The first kappa shape index (κ1) is 9.13. The number of rotatable bonds is 2. The Labute approximate surface area is 90.3 Å². The first-order valence-corrected chi connectivity index (χ1v) is 5.88. The Hall–Kier alpha value is -1.12. The minimum Gasteiger partial charge on any atom is -0.365 e. The van der Waals surface area contributed by atoms with Crippen molar-refractivity contribution >= 4 is 5.82 Å². The lowest BCUT2D eigenvalue weighted by atomic mass is 9.78. The minimum atomic E-state index is 0.296. The fourth-order valence-electron chi connectivity index (χ4n) is 2.59. The molecule has 2 aliphatic rings. The molecule has 1 aromatic rings. The number of hydrogen-bond donors (Lipinski definition) is 1. The number of nitrogens with one attached hydrogen (secondary N) is 1. The van der Waals surface area contributed by atoms with Crippen molar-refractivity contribution in [1.82, 2.24) is 9.97 Å². The van der Waals surface area contributed by atoms with Gasteiger partial charge in [0, 0.05) is 16.8 Å². The van der Waals surface area contributed by atoms with Crippen LogP contribution in [0.1, 0.15) is 43.9 Å². The highest BCUT2D eigenvalue weighted by Gasteiger charge is 2.33. The van der Waals surface area contributed by atoms with Gasteiger partial charge in [-0.05, 0) is 45.4 Å². The van der Waals surface area contributed by atoms with Crippen LogP contribution in [0, 0.1) is 0 Å². The van der Waals surface area contributed by atoms with Gasteiger partial charge in [-0.25, -0.2) is 9.97 Å². The molecule has 3 heteroatoms. The fourth-order valence-corrected chi connectivity index (χ4v) is 2.59. The summed E-state index contributed by atoms with van der Waals surface area (Å²) in [7, 11) is 0. The summed E-state index contributed by atoms with van der Waals surface area (Å²) in [6, 6.07) is 0. The molecule has 1 fully saturated rings. The molecule has 0 bridgehead atoms. The zero-order valence-electron chi connectivity index (χ0n) is 9.21. The summed E-state index contributed by atoms with van der Waals surface area (Å²) < 4.78 is 0.